The lowest BCUT2D eigenvalue weighted by atomic mass is 9.96. The van der Waals surface area contributed by atoms with Crippen LogP contribution in [-0.4, -0.2) is 41.5 Å². The van der Waals surface area contributed by atoms with Gasteiger partial charge in [0.15, 0.2) is 0 Å². The predicted octanol–water partition coefficient (Wildman–Crippen LogP) is 2.16. The largest absolute Gasteiger partial charge is 0.408 e. The Balaban J connectivity index is 2.14. The summed E-state index contributed by atoms with van der Waals surface area (Å²) in [6, 6.07) is 5.74. The molecule has 0 aromatic heterocycles. The highest BCUT2D eigenvalue weighted by atomic mass is 19.4. The van der Waals surface area contributed by atoms with E-state index in [1.54, 1.807) is 12.1 Å². The molecule has 0 spiro atoms. The van der Waals surface area contributed by atoms with Gasteiger partial charge in [-0.05, 0) is 30.5 Å². The topological polar surface area (TPSA) is 73.2 Å². The molecule has 1 heterocycles. The summed E-state index contributed by atoms with van der Waals surface area (Å²) in [5, 5.41) is 11.3. The van der Waals surface area contributed by atoms with Gasteiger partial charge in [-0.25, -0.2) is 0 Å². The number of nitriles is 1. The highest BCUT2D eigenvalue weighted by molar-refractivity contribution is 5.79. The van der Waals surface area contributed by atoms with Gasteiger partial charge in [-0.2, -0.15) is 18.4 Å². The molecular weight excluding hydrogens is 335 g/mol. The second-order valence-electron chi connectivity index (χ2n) is 6.06. The molecule has 5 nitrogen and oxygen atoms in total. The highest BCUT2D eigenvalue weighted by Gasteiger charge is 2.47. The molecule has 0 bridgehead atoms. The van der Waals surface area contributed by atoms with Crippen LogP contribution in [0.5, 0.6) is 0 Å². The van der Waals surface area contributed by atoms with E-state index >= 15 is 0 Å². The molecule has 1 fully saturated rings. The van der Waals surface area contributed by atoms with E-state index in [-0.39, 0.29) is 31.7 Å². The summed E-state index contributed by atoms with van der Waals surface area (Å²) < 4.78 is 39.8. The van der Waals surface area contributed by atoms with Crippen LogP contribution in [0.25, 0.3) is 0 Å². The average Bonchev–Trinajstić information content (AvgIpc) is 2.54. The Hall–Kier alpha value is -2.56. The molecule has 1 aliphatic heterocycles. The Bertz CT molecular complexity index is 680. The van der Waals surface area contributed by atoms with E-state index in [1.165, 1.54) is 19.1 Å². The number of piperidine rings is 1. The zero-order valence-corrected chi connectivity index (χ0v) is 13.6. The number of hydrogen-bond acceptors (Lipinski definition) is 3. The van der Waals surface area contributed by atoms with Gasteiger partial charge in [0.2, 0.25) is 11.8 Å². The van der Waals surface area contributed by atoms with Gasteiger partial charge in [-0.1, -0.05) is 12.1 Å². The number of carbonyl (C=O) groups excluding carboxylic acids is 2. The average molecular weight is 353 g/mol. The Morgan fingerprint density at radius 2 is 1.92 bits per heavy atom. The first-order chi connectivity index (χ1) is 11.7. The summed E-state index contributed by atoms with van der Waals surface area (Å²) in [4.78, 5) is 24.4. The maximum absolute atomic E-state index is 13.3. The van der Waals surface area contributed by atoms with Gasteiger partial charge < -0.3 is 10.2 Å². The number of alkyl halides is 3. The molecule has 1 N–H and O–H groups in total. The number of rotatable bonds is 3. The van der Waals surface area contributed by atoms with E-state index in [4.69, 9.17) is 5.26 Å². The number of hydrogen-bond donors (Lipinski definition) is 1. The summed E-state index contributed by atoms with van der Waals surface area (Å²) >= 11 is 0. The molecule has 134 valence electrons. The summed E-state index contributed by atoms with van der Waals surface area (Å²) in [5.41, 5.74) is 0.944. The Morgan fingerprint density at radius 1 is 1.28 bits per heavy atom. The molecule has 1 aromatic rings. The standard InChI is InChI=1S/C17H18F3N3O2/c1-11(24)22-14-6-7-15(17(18,19)20)23(10-14)16(25)8-12-2-4-13(9-21)5-3-12/h2-5,14-15H,6-8,10H2,1H3,(H,22,24). The fourth-order valence-electron chi connectivity index (χ4n) is 2.97. The molecule has 2 atom stereocenters. The summed E-state index contributed by atoms with van der Waals surface area (Å²) in [6.07, 6.45) is -4.77. The minimum atomic E-state index is -4.51. The van der Waals surface area contributed by atoms with Crippen molar-refractivity contribution in [3.8, 4) is 6.07 Å². The molecule has 1 saturated heterocycles. The highest BCUT2D eigenvalue weighted by Crippen LogP contribution is 2.32. The minimum absolute atomic E-state index is 0.168. The number of carbonyl (C=O) groups is 2. The van der Waals surface area contributed by atoms with Crippen molar-refractivity contribution >= 4 is 11.8 Å². The third kappa shape index (κ3) is 4.95. The Kier molecular flexibility index (Phi) is 5.67. The van der Waals surface area contributed by atoms with E-state index < -0.39 is 24.2 Å². The fraction of sp³-hybridized carbons (Fsp3) is 0.471. The van der Waals surface area contributed by atoms with Crippen molar-refractivity contribution in [3.05, 3.63) is 35.4 Å². The van der Waals surface area contributed by atoms with E-state index in [9.17, 15) is 22.8 Å². The van der Waals surface area contributed by atoms with Crippen molar-refractivity contribution in [2.24, 2.45) is 0 Å². The third-order valence-electron chi connectivity index (χ3n) is 4.13. The molecule has 2 rings (SSSR count). The van der Waals surface area contributed by atoms with Gasteiger partial charge >= 0.3 is 6.18 Å². The van der Waals surface area contributed by atoms with Crippen molar-refractivity contribution in [3.63, 3.8) is 0 Å². The summed E-state index contributed by atoms with van der Waals surface area (Å²) in [6.45, 7) is 1.12. The Morgan fingerprint density at radius 3 is 2.44 bits per heavy atom. The molecule has 2 amide bonds. The number of benzene rings is 1. The summed E-state index contributed by atoms with van der Waals surface area (Å²) in [7, 11) is 0. The molecule has 1 aromatic carbocycles. The number of nitrogens with one attached hydrogen (secondary N) is 1. The maximum Gasteiger partial charge on any atom is 0.408 e. The third-order valence-corrected chi connectivity index (χ3v) is 4.13. The molecule has 1 aliphatic rings. The minimum Gasteiger partial charge on any atom is -0.352 e. The lowest BCUT2D eigenvalue weighted by molar-refractivity contribution is -0.197. The zero-order valence-electron chi connectivity index (χ0n) is 13.6. The van der Waals surface area contributed by atoms with Crippen molar-refractivity contribution in [1.29, 1.82) is 5.26 Å². The monoisotopic (exact) mass is 353 g/mol. The second-order valence-corrected chi connectivity index (χ2v) is 6.06. The normalized spacial score (nSPS) is 20.7. The van der Waals surface area contributed by atoms with Gasteiger partial charge in [0.25, 0.3) is 0 Å². The lowest BCUT2D eigenvalue weighted by Gasteiger charge is -2.40. The molecule has 0 radical (unpaired) electrons. The van der Waals surface area contributed by atoms with Crippen LogP contribution in [0.3, 0.4) is 0 Å². The van der Waals surface area contributed by atoms with Crippen LogP contribution >= 0.6 is 0 Å². The smallest absolute Gasteiger partial charge is 0.352 e. The van der Waals surface area contributed by atoms with Gasteiger partial charge in [-0.15, -0.1) is 0 Å². The summed E-state index contributed by atoms with van der Waals surface area (Å²) in [5.74, 6) is -0.989. The van der Waals surface area contributed by atoms with E-state index in [0.717, 1.165) is 4.90 Å². The van der Waals surface area contributed by atoms with Gasteiger partial charge in [0.05, 0.1) is 18.1 Å². The van der Waals surface area contributed by atoms with E-state index in [2.05, 4.69) is 5.32 Å². The van der Waals surface area contributed by atoms with E-state index in [1.807, 2.05) is 6.07 Å². The Labute approximate surface area is 143 Å². The first-order valence-corrected chi connectivity index (χ1v) is 7.83. The number of likely N-dealkylation sites (tertiary alicyclic amines) is 1. The van der Waals surface area contributed by atoms with Gasteiger partial charge in [0, 0.05) is 19.5 Å². The van der Waals surface area contributed by atoms with Crippen molar-refractivity contribution in [2.75, 3.05) is 6.54 Å². The van der Waals surface area contributed by atoms with Crippen LogP contribution in [-0.2, 0) is 16.0 Å². The van der Waals surface area contributed by atoms with Gasteiger partial charge in [-0.3, -0.25) is 9.59 Å². The van der Waals surface area contributed by atoms with Crippen LogP contribution in [0, 0.1) is 11.3 Å². The zero-order chi connectivity index (χ0) is 18.6. The van der Waals surface area contributed by atoms with E-state index in [0.29, 0.717) is 11.1 Å². The number of halogens is 3. The van der Waals surface area contributed by atoms with Crippen LogP contribution in [0.4, 0.5) is 13.2 Å². The maximum atomic E-state index is 13.3. The van der Waals surface area contributed by atoms with Crippen molar-refractivity contribution in [2.45, 2.75) is 44.4 Å². The first kappa shape index (κ1) is 18.8. The predicted molar refractivity (Wildman–Crippen MR) is 83.3 cm³/mol. The quantitative estimate of drug-likeness (QED) is 0.905. The molecule has 0 aliphatic carbocycles. The van der Waals surface area contributed by atoms with Crippen molar-refractivity contribution < 1.29 is 22.8 Å². The number of amides is 2. The molecular formula is C17H18F3N3O2. The molecule has 25 heavy (non-hydrogen) atoms. The molecule has 0 saturated carbocycles. The van der Waals surface area contributed by atoms with Crippen LogP contribution in [0.2, 0.25) is 0 Å². The second kappa shape index (κ2) is 7.55. The fourth-order valence-corrected chi connectivity index (χ4v) is 2.97. The van der Waals surface area contributed by atoms with Crippen molar-refractivity contribution in [1.82, 2.24) is 10.2 Å². The lowest BCUT2D eigenvalue weighted by Crippen LogP contribution is -2.58. The number of nitrogens with zero attached hydrogens (tertiary/aromatic N) is 2. The van der Waals surface area contributed by atoms with Crippen LogP contribution in [0.1, 0.15) is 30.9 Å². The van der Waals surface area contributed by atoms with Crippen LogP contribution in [0.15, 0.2) is 24.3 Å². The van der Waals surface area contributed by atoms with Gasteiger partial charge in [0.1, 0.15) is 6.04 Å². The molecule has 2 unspecified atom stereocenters. The first-order valence-electron chi connectivity index (χ1n) is 7.83. The molecule has 8 heteroatoms. The van der Waals surface area contributed by atoms with Crippen LogP contribution < -0.4 is 5.32 Å². The SMILES string of the molecule is CC(=O)NC1CCC(C(F)(F)F)N(C(=O)Cc2ccc(C#N)cc2)C1.